The summed E-state index contributed by atoms with van der Waals surface area (Å²) in [5, 5.41) is 7.63. The van der Waals surface area contributed by atoms with Crippen LogP contribution in [-0.2, 0) is 6.54 Å². The Morgan fingerprint density at radius 1 is 1.55 bits per heavy atom. The van der Waals surface area contributed by atoms with Crippen LogP contribution in [0.25, 0.3) is 5.70 Å². The van der Waals surface area contributed by atoms with Gasteiger partial charge in [0.05, 0.1) is 5.70 Å². The van der Waals surface area contributed by atoms with E-state index in [1.165, 1.54) is 0 Å². The van der Waals surface area contributed by atoms with Crippen molar-refractivity contribution in [2.45, 2.75) is 6.54 Å². The fourth-order valence-electron chi connectivity index (χ4n) is 1.03. The number of nitrogens with zero attached hydrogens (tertiary/aromatic N) is 3. The smallest absolute Gasteiger partial charge is 0.179 e. The summed E-state index contributed by atoms with van der Waals surface area (Å²) in [7, 11) is 0. The maximum Gasteiger partial charge on any atom is 0.179 e. The van der Waals surface area contributed by atoms with Gasteiger partial charge in [-0.3, -0.25) is 0 Å². The molecule has 4 heteroatoms. The zero-order chi connectivity index (χ0) is 7.68. The van der Waals surface area contributed by atoms with Crippen LogP contribution in [-0.4, -0.2) is 14.8 Å². The Kier molecular flexibility index (Phi) is 1.25. The van der Waals surface area contributed by atoms with Crippen molar-refractivity contribution in [1.82, 2.24) is 14.8 Å². The van der Waals surface area contributed by atoms with Crippen molar-refractivity contribution < 1.29 is 0 Å². The highest BCUT2D eigenvalue weighted by molar-refractivity contribution is 5.58. The van der Waals surface area contributed by atoms with E-state index in [1.807, 2.05) is 22.8 Å². The van der Waals surface area contributed by atoms with Crippen molar-refractivity contribution in [3.05, 3.63) is 30.4 Å². The maximum atomic E-state index is 5.68. The van der Waals surface area contributed by atoms with Gasteiger partial charge in [0.25, 0.3) is 0 Å². The first-order valence-corrected chi connectivity index (χ1v) is 3.38. The normalized spacial score (nSPS) is 15.5. The zero-order valence-corrected chi connectivity index (χ0v) is 5.94. The highest BCUT2D eigenvalue weighted by Crippen LogP contribution is 2.08. The quantitative estimate of drug-likeness (QED) is 0.569. The maximum absolute atomic E-state index is 5.68. The van der Waals surface area contributed by atoms with Crippen LogP contribution >= 0.6 is 0 Å². The third kappa shape index (κ3) is 0.920. The molecule has 1 aliphatic heterocycles. The van der Waals surface area contributed by atoms with Gasteiger partial charge in [-0.05, 0) is 6.08 Å². The van der Waals surface area contributed by atoms with E-state index in [2.05, 4.69) is 10.2 Å². The van der Waals surface area contributed by atoms with Crippen molar-refractivity contribution in [1.29, 1.82) is 0 Å². The van der Waals surface area contributed by atoms with E-state index < -0.39 is 0 Å². The standard InChI is InChI=1S/C7H8N4/c8-6-3-1-2-4-11-5-9-10-7(6)11/h1-3,5H,4,8H2. The highest BCUT2D eigenvalue weighted by atomic mass is 15.3. The minimum atomic E-state index is 0.663. The van der Waals surface area contributed by atoms with E-state index in [4.69, 9.17) is 5.73 Å². The van der Waals surface area contributed by atoms with Crippen LogP contribution in [0, 0.1) is 0 Å². The highest BCUT2D eigenvalue weighted by Gasteiger charge is 2.06. The second-order valence-corrected chi connectivity index (χ2v) is 2.36. The molecule has 11 heavy (non-hydrogen) atoms. The number of allylic oxidation sites excluding steroid dienone is 3. The Morgan fingerprint density at radius 2 is 2.45 bits per heavy atom. The average Bonchev–Trinajstić information content (AvgIpc) is 2.40. The Labute approximate surface area is 64.0 Å². The first-order chi connectivity index (χ1) is 5.38. The van der Waals surface area contributed by atoms with Crippen molar-refractivity contribution >= 4 is 5.70 Å². The van der Waals surface area contributed by atoms with Gasteiger partial charge in [0.2, 0.25) is 0 Å². The molecule has 0 aromatic carbocycles. The average molecular weight is 148 g/mol. The number of rotatable bonds is 0. The lowest BCUT2D eigenvalue weighted by Crippen LogP contribution is -2.04. The summed E-state index contributed by atoms with van der Waals surface area (Å²) in [4.78, 5) is 0. The summed E-state index contributed by atoms with van der Waals surface area (Å²) in [5.41, 5.74) is 6.34. The second kappa shape index (κ2) is 2.23. The third-order valence-corrected chi connectivity index (χ3v) is 1.59. The summed E-state index contributed by atoms with van der Waals surface area (Å²) in [5.74, 6) is 0.745. The van der Waals surface area contributed by atoms with Gasteiger partial charge >= 0.3 is 0 Å². The first-order valence-electron chi connectivity index (χ1n) is 3.38. The van der Waals surface area contributed by atoms with E-state index in [0.29, 0.717) is 5.70 Å². The van der Waals surface area contributed by atoms with Crippen LogP contribution in [0.15, 0.2) is 24.6 Å². The lowest BCUT2D eigenvalue weighted by atomic mass is 10.4. The molecule has 4 nitrogen and oxygen atoms in total. The Balaban J connectivity index is 2.56. The molecule has 0 atom stereocenters. The fourth-order valence-corrected chi connectivity index (χ4v) is 1.03. The predicted molar refractivity (Wildman–Crippen MR) is 41.3 cm³/mol. The predicted octanol–water partition coefficient (Wildman–Crippen LogP) is 0.147. The SMILES string of the molecule is NC1=CC=CCn2cnnc21. The van der Waals surface area contributed by atoms with Gasteiger partial charge in [-0.15, -0.1) is 10.2 Å². The monoisotopic (exact) mass is 148 g/mol. The molecule has 0 spiro atoms. The number of fused-ring (bicyclic) bond motifs is 1. The molecule has 0 saturated heterocycles. The van der Waals surface area contributed by atoms with Gasteiger partial charge < -0.3 is 10.3 Å². The summed E-state index contributed by atoms with van der Waals surface area (Å²) in [6, 6.07) is 0. The molecule has 0 radical (unpaired) electrons. The summed E-state index contributed by atoms with van der Waals surface area (Å²) in [6.07, 6.45) is 7.43. The molecule has 0 amide bonds. The Morgan fingerprint density at radius 3 is 3.36 bits per heavy atom. The van der Waals surface area contributed by atoms with Gasteiger partial charge in [0.1, 0.15) is 6.33 Å². The van der Waals surface area contributed by atoms with Gasteiger partial charge in [-0.1, -0.05) is 12.2 Å². The van der Waals surface area contributed by atoms with Crippen LogP contribution in [0.5, 0.6) is 0 Å². The molecule has 2 N–H and O–H groups in total. The van der Waals surface area contributed by atoms with E-state index in [0.717, 1.165) is 12.4 Å². The molecule has 2 rings (SSSR count). The number of nitrogens with two attached hydrogens (primary N) is 1. The molecule has 2 heterocycles. The van der Waals surface area contributed by atoms with Crippen molar-refractivity contribution in [2.75, 3.05) is 0 Å². The summed E-state index contributed by atoms with van der Waals surface area (Å²) < 4.78 is 1.90. The van der Waals surface area contributed by atoms with E-state index in [9.17, 15) is 0 Å². The zero-order valence-electron chi connectivity index (χ0n) is 5.94. The van der Waals surface area contributed by atoms with Crippen LogP contribution in [0.2, 0.25) is 0 Å². The number of hydrogen-bond donors (Lipinski definition) is 1. The van der Waals surface area contributed by atoms with E-state index >= 15 is 0 Å². The van der Waals surface area contributed by atoms with Crippen molar-refractivity contribution in [3.8, 4) is 0 Å². The van der Waals surface area contributed by atoms with Crippen LogP contribution < -0.4 is 5.73 Å². The summed E-state index contributed by atoms with van der Waals surface area (Å²) in [6.45, 7) is 0.791. The molecule has 1 aromatic heterocycles. The number of aromatic nitrogens is 3. The van der Waals surface area contributed by atoms with Crippen LogP contribution in [0.4, 0.5) is 0 Å². The molecule has 0 aliphatic carbocycles. The lowest BCUT2D eigenvalue weighted by Gasteiger charge is -1.98. The van der Waals surface area contributed by atoms with Crippen LogP contribution in [0.1, 0.15) is 5.82 Å². The van der Waals surface area contributed by atoms with Gasteiger partial charge in [0, 0.05) is 6.54 Å². The number of hydrogen-bond acceptors (Lipinski definition) is 3. The topological polar surface area (TPSA) is 56.7 Å². The minimum absolute atomic E-state index is 0.663. The molecule has 1 aromatic rings. The van der Waals surface area contributed by atoms with E-state index in [-0.39, 0.29) is 0 Å². The van der Waals surface area contributed by atoms with Crippen molar-refractivity contribution in [2.24, 2.45) is 5.73 Å². The van der Waals surface area contributed by atoms with Gasteiger partial charge in [-0.25, -0.2) is 0 Å². The molecular formula is C7H8N4. The summed E-state index contributed by atoms with van der Waals surface area (Å²) >= 11 is 0. The lowest BCUT2D eigenvalue weighted by molar-refractivity contribution is 0.804. The van der Waals surface area contributed by atoms with Gasteiger partial charge in [0.15, 0.2) is 5.82 Å². The van der Waals surface area contributed by atoms with E-state index in [1.54, 1.807) is 6.33 Å². The van der Waals surface area contributed by atoms with Crippen molar-refractivity contribution in [3.63, 3.8) is 0 Å². The Bertz CT molecular complexity index is 321. The molecule has 56 valence electrons. The minimum Gasteiger partial charge on any atom is -0.396 e. The fraction of sp³-hybridized carbons (Fsp3) is 0.143. The Hall–Kier alpha value is -1.58. The third-order valence-electron chi connectivity index (χ3n) is 1.59. The van der Waals surface area contributed by atoms with Gasteiger partial charge in [-0.2, -0.15) is 0 Å². The molecule has 0 unspecified atom stereocenters. The molecule has 1 aliphatic rings. The first kappa shape index (κ1) is 6.15. The molecule has 0 fully saturated rings. The molecular weight excluding hydrogens is 140 g/mol. The van der Waals surface area contributed by atoms with Crippen LogP contribution in [0.3, 0.4) is 0 Å². The molecule has 0 saturated carbocycles. The largest absolute Gasteiger partial charge is 0.396 e. The molecule has 0 bridgehead atoms. The second-order valence-electron chi connectivity index (χ2n) is 2.36.